The summed E-state index contributed by atoms with van der Waals surface area (Å²) in [6.45, 7) is 1.17. The molecule has 4 rings (SSSR count). The maximum absolute atomic E-state index is 12.9. The first-order valence-electron chi connectivity index (χ1n) is 10.0. The molecular weight excluding hydrogens is 448 g/mol. The van der Waals surface area contributed by atoms with Gasteiger partial charge in [0.25, 0.3) is 7.41 Å². The predicted molar refractivity (Wildman–Crippen MR) is 111 cm³/mol. The van der Waals surface area contributed by atoms with Gasteiger partial charge in [0.05, 0.1) is 19.3 Å². The molecule has 1 saturated heterocycles. The van der Waals surface area contributed by atoms with E-state index in [0.29, 0.717) is 36.1 Å². The molecule has 14 heteroatoms. The Bertz CT molecular complexity index is 1080. The van der Waals surface area contributed by atoms with Crippen LogP contribution in [0.1, 0.15) is 29.3 Å². The van der Waals surface area contributed by atoms with E-state index in [4.69, 9.17) is 0 Å². The van der Waals surface area contributed by atoms with Gasteiger partial charge < -0.3 is 14.9 Å². The van der Waals surface area contributed by atoms with Crippen LogP contribution in [0.5, 0.6) is 0 Å². The van der Waals surface area contributed by atoms with Crippen LogP contribution in [-0.2, 0) is 34.5 Å². The smallest absolute Gasteiger partial charge is 0.350 e. The second-order valence-corrected chi connectivity index (χ2v) is 9.62. The largest absolute Gasteiger partial charge is 0.511 e. The van der Waals surface area contributed by atoms with Crippen LogP contribution in [0, 0.1) is 0 Å². The van der Waals surface area contributed by atoms with Crippen LogP contribution in [0.15, 0.2) is 24.3 Å². The molecule has 1 aromatic heterocycles. The summed E-state index contributed by atoms with van der Waals surface area (Å²) in [5, 5.41) is 7.27. The van der Waals surface area contributed by atoms with E-state index in [1.165, 1.54) is 12.1 Å². The van der Waals surface area contributed by atoms with E-state index in [1.54, 1.807) is 0 Å². The first-order valence-corrected chi connectivity index (χ1v) is 11.5. The summed E-state index contributed by atoms with van der Waals surface area (Å²) in [7, 11) is -4.05. The number of benzene rings is 1. The summed E-state index contributed by atoms with van der Waals surface area (Å²) in [4.78, 5) is 16.6. The van der Waals surface area contributed by atoms with Crippen molar-refractivity contribution in [3.05, 3.63) is 41.2 Å². The first-order chi connectivity index (χ1) is 15.2. The molecule has 9 nitrogen and oxygen atoms in total. The van der Waals surface area contributed by atoms with Gasteiger partial charge in [-0.1, -0.05) is 24.3 Å². The number of rotatable bonds is 7. The Labute approximate surface area is 183 Å². The van der Waals surface area contributed by atoms with E-state index in [0.717, 1.165) is 17.5 Å². The summed E-state index contributed by atoms with van der Waals surface area (Å²) in [5.74, 6) is 0.853. The summed E-state index contributed by atoms with van der Waals surface area (Å²) in [6, 6.07) is 8.06. The normalized spacial score (nSPS) is 19.7. The van der Waals surface area contributed by atoms with Gasteiger partial charge in [0, 0.05) is 32.1 Å². The van der Waals surface area contributed by atoms with E-state index >= 15 is 0 Å². The Kier molecular flexibility index (Phi) is 6.27. The van der Waals surface area contributed by atoms with Crippen molar-refractivity contribution in [3.63, 3.8) is 0 Å². The van der Waals surface area contributed by atoms with Gasteiger partial charge in [-0.15, -0.1) is 5.10 Å². The Morgan fingerprint density at radius 1 is 1.19 bits per heavy atom. The topological polar surface area (TPSA) is 100 Å². The summed E-state index contributed by atoms with van der Waals surface area (Å²) < 4.78 is 63.8. The zero-order valence-electron chi connectivity index (χ0n) is 17.0. The van der Waals surface area contributed by atoms with Gasteiger partial charge in [-0.05, 0) is 17.5 Å². The van der Waals surface area contributed by atoms with E-state index in [-0.39, 0.29) is 24.8 Å². The maximum atomic E-state index is 12.9. The predicted octanol–water partition coefficient (Wildman–Crippen LogP) is 0.836. The second kappa shape index (κ2) is 8.83. The molecule has 32 heavy (non-hydrogen) atoms. The minimum atomic E-state index is -5.39. The molecule has 1 aromatic carbocycles. The van der Waals surface area contributed by atoms with Crippen molar-refractivity contribution in [2.75, 3.05) is 24.5 Å². The van der Waals surface area contributed by atoms with Gasteiger partial charge in [-0.2, -0.15) is 22.5 Å². The number of carbonyl (C=O) groups is 1. The number of fused-ring (bicyclic) bond motifs is 1. The lowest BCUT2D eigenvalue weighted by atomic mass is 9.96. The molecule has 1 unspecified atom stereocenters. The number of sulfonamides is 1. The second-order valence-electron chi connectivity index (χ2n) is 7.69. The van der Waals surface area contributed by atoms with Crippen molar-refractivity contribution in [3.8, 4) is 0 Å². The fourth-order valence-corrected chi connectivity index (χ4v) is 4.83. The molecule has 1 radical (unpaired) electrons. The van der Waals surface area contributed by atoms with Crippen molar-refractivity contribution in [1.82, 2.24) is 24.3 Å². The highest BCUT2D eigenvalue weighted by Crippen LogP contribution is 2.32. The molecule has 0 aliphatic carbocycles. The van der Waals surface area contributed by atoms with E-state index in [1.807, 2.05) is 29.2 Å². The van der Waals surface area contributed by atoms with E-state index in [9.17, 15) is 26.4 Å². The number of hydrogen-bond donors (Lipinski definition) is 1. The molecule has 1 atom stereocenters. The van der Waals surface area contributed by atoms with Crippen molar-refractivity contribution >= 4 is 29.6 Å². The highest BCUT2D eigenvalue weighted by Gasteiger charge is 2.50. The minimum Gasteiger partial charge on any atom is -0.350 e. The van der Waals surface area contributed by atoms with Gasteiger partial charge in [-0.25, -0.2) is 13.1 Å². The van der Waals surface area contributed by atoms with Crippen LogP contribution in [0.2, 0.25) is 0 Å². The lowest BCUT2D eigenvalue weighted by molar-refractivity contribution is -0.0496. The van der Waals surface area contributed by atoms with E-state index in [2.05, 4.69) is 15.3 Å². The third kappa shape index (κ3) is 4.52. The Balaban J connectivity index is 1.40. The highest BCUT2D eigenvalue weighted by atomic mass is 32.2. The molecule has 1 N–H and O–H groups in total. The Morgan fingerprint density at radius 2 is 1.94 bits per heavy atom. The molecule has 0 amide bonds. The number of halogens is 3. The molecule has 171 valence electrons. The van der Waals surface area contributed by atoms with Crippen LogP contribution in [-0.4, -0.2) is 66.2 Å². The average Bonchev–Trinajstić information content (AvgIpc) is 3.40. The number of aromatic nitrogens is 3. The zero-order valence-corrected chi connectivity index (χ0v) is 17.8. The SMILES string of the molecule is O=C[B]NCc1ccc(C2CCN(c3nc4n(n3)CCN(S(=O)(=O)C(F)(F)F)C4)C2)cc1. The number of nitrogens with one attached hydrogen (secondary N) is 1. The van der Waals surface area contributed by atoms with Crippen molar-refractivity contribution < 1.29 is 26.4 Å². The van der Waals surface area contributed by atoms with Crippen molar-refractivity contribution in [2.45, 2.75) is 37.5 Å². The molecule has 2 aliphatic heterocycles. The molecule has 2 aromatic rings. The summed E-state index contributed by atoms with van der Waals surface area (Å²) >= 11 is 0. The molecule has 0 saturated carbocycles. The van der Waals surface area contributed by atoms with Crippen LogP contribution in [0.3, 0.4) is 0 Å². The quantitative estimate of drug-likeness (QED) is 0.365. The number of anilines is 1. The number of carbonyl (C=O) groups excluding carboxylic acids is 1. The molecule has 2 aliphatic rings. The average molecular weight is 469 g/mol. The van der Waals surface area contributed by atoms with Crippen molar-refractivity contribution in [2.24, 2.45) is 0 Å². The third-order valence-corrected chi connectivity index (χ3v) is 7.24. The van der Waals surface area contributed by atoms with E-state index < -0.39 is 22.1 Å². The summed E-state index contributed by atoms with van der Waals surface area (Å²) in [5.41, 5.74) is -3.14. The fourth-order valence-electron chi connectivity index (χ4n) is 3.93. The number of nitrogens with zero attached hydrogens (tertiary/aromatic N) is 5. The zero-order chi connectivity index (χ0) is 22.9. The number of alkyl halides is 3. The Hall–Kier alpha value is -2.45. The standard InChI is InChI=1S/C18H21BF3N6O3S/c20-18(21,22)32(30,31)27-7-8-28-16(11-27)24-17(25-28)26-6-5-15(10-26)14-3-1-13(2-4-14)9-23-19-12-29/h1-4,12,15,23H,5-11H2. The molecular formula is C18H21BF3N6O3S. The van der Waals surface area contributed by atoms with Gasteiger partial charge in [0.15, 0.2) is 0 Å². The molecule has 3 heterocycles. The third-order valence-electron chi connectivity index (χ3n) is 5.66. The van der Waals surface area contributed by atoms with Gasteiger partial charge in [0.1, 0.15) is 5.82 Å². The molecule has 0 spiro atoms. The number of hydrogen-bond acceptors (Lipinski definition) is 7. The Morgan fingerprint density at radius 3 is 2.62 bits per heavy atom. The van der Waals surface area contributed by atoms with Crippen LogP contribution < -0.4 is 10.1 Å². The van der Waals surface area contributed by atoms with Crippen LogP contribution in [0.4, 0.5) is 19.1 Å². The van der Waals surface area contributed by atoms with Gasteiger partial charge in [-0.3, -0.25) is 0 Å². The first kappa shape index (κ1) is 22.7. The van der Waals surface area contributed by atoms with Crippen molar-refractivity contribution in [1.29, 1.82) is 0 Å². The highest BCUT2D eigenvalue weighted by molar-refractivity contribution is 7.89. The van der Waals surface area contributed by atoms with Crippen LogP contribution in [0.25, 0.3) is 0 Å². The lowest BCUT2D eigenvalue weighted by Gasteiger charge is -2.26. The lowest BCUT2D eigenvalue weighted by Crippen LogP contribution is -2.44. The minimum absolute atomic E-state index is 0.0198. The summed E-state index contributed by atoms with van der Waals surface area (Å²) in [6.07, 6.45) is 1.56. The maximum Gasteiger partial charge on any atom is 0.511 e. The van der Waals surface area contributed by atoms with Crippen LogP contribution >= 0.6 is 0 Å². The van der Waals surface area contributed by atoms with Gasteiger partial charge in [0.2, 0.25) is 5.95 Å². The van der Waals surface area contributed by atoms with Gasteiger partial charge >= 0.3 is 15.5 Å². The molecule has 1 fully saturated rings. The monoisotopic (exact) mass is 469 g/mol. The fraction of sp³-hybridized carbons (Fsp3) is 0.500. The molecule has 0 bridgehead atoms.